The van der Waals surface area contributed by atoms with Crippen LogP contribution in [-0.4, -0.2) is 37.6 Å². The van der Waals surface area contributed by atoms with Gasteiger partial charge in [-0.1, -0.05) is 46.3 Å². The third-order valence-corrected chi connectivity index (χ3v) is 10.2. The van der Waals surface area contributed by atoms with Gasteiger partial charge in [0.2, 0.25) is 15.9 Å². The molecule has 39 heavy (non-hydrogen) atoms. The van der Waals surface area contributed by atoms with Crippen molar-refractivity contribution in [2.45, 2.75) is 37.6 Å². The molecule has 0 aromatic heterocycles. The molecule has 0 aliphatic carbocycles. The zero-order valence-electron chi connectivity index (χ0n) is 21.4. The number of rotatable bonds is 7. The third kappa shape index (κ3) is 6.77. The van der Waals surface area contributed by atoms with Crippen molar-refractivity contribution < 1.29 is 22.4 Å². The molecule has 0 spiro atoms. The van der Waals surface area contributed by atoms with Crippen molar-refractivity contribution in [2.75, 3.05) is 18.4 Å². The molecule has 1 heterocycles. The molecule has 1 atom stereocenters. The van der Waals surface area contributed by atoms with E-state index in [0.29, 0.717) is 27.4 Å². The maximum Gasteiger partial charge on any atom is 0.253 e. The van der Waals surface area contributed by atoms with Gasteiger partial charge in [0.05, 0.1) is 22.2 Å². The molecule has 1 aliphatic heterocycles. The molecule has 0 radical (unpaired) electrons. The fourth-order valence-corrected chi connectivity index (χ4v) is 7.41. The van der Waals surface area contributed by atoms with Crippen LogP contribution in [-0.2, 0) is 14.8 Å². The van der Waals surface area contributed by atoms with Crippen molar-refractivity contribution in [3.63, 3.8) is 0 Å². The Balaban J connectivity index is 1.46. The van der Waals surface area contributed by atoms with Crippen LogP contribution in [0.25, 0.3) is 0 Å². The Morgan fingerprint density at radius 2 is 1.69 bits per heavy atom. The van der Waals surface area contributed by atoms with E-state index in [9.17, 15) is 22.4 Å². The molecule has 2 amide bonds. The van der Waals surface area contributed by atoms with E-state index in [0.717, 1.165) is 11.6 Å². The summed E-state index contributed by atoms with van der Waals surface area (Å²) in [6, 6.07) is 16.6. The lowest BCUT2D eigenvalue weighted by atomic mass is 9.96. The Morgan fingerprint density at radius 3 is 2.36 bits per heavy atom. The normalized spacial score (nSPS) is 15.5. The van der Waals surface area contributed by atoms with Gasteiger partial charge in [-0.15, -0.1) is 0 Å². The van der Waals surface area contributed by atoms with Crippen LogP contribution in [0.5, 0.6) is 0 Å². The van der Waals surface area contributed by atoms with Crippen LogP contribution in [0.1, 0.15) is 47.3 Å². The van der Waals surface area contributed by atoms with Gasteiger partial charge in [0.1, 0.15) is 5.82 Å². The van der Waals surface area contributed by atoms with E-state index < -0.39 is 27.7 Å². The van der Waals surface area contributed by atoms with E-state index >= 15 is 0 Å². The van der Waals surface area contributed by atoms with Crippen molar-refractivity contribution in [1.29, 1.82) is 0 Å². The van der Waals surface area contributed by atoms with Crippen LogP contribution in [0.2, 0.25) is 0 Å². The minimum absolute atomic E-state index is 0.0220. The molecular formula is C28H28Br2FN3O4S. The minimum Gasteiger partial charge on any atom is -0.345 e. The lowest BCUT2D eigenvalue weighted by molar-refractivity contribution is -0.120. The zero-order chi connectivity index (χ0) is 28.3. The quantitative estimate of drug-likeness (QED) is 0.311. The topological polar surface area (TPSA) is 95.6 Å². The first-order chi connectivity index (χ1) is 18.5. The Bertz CT molecular complexity index is 1490. The monoisotopic (exact) mass is 679 g/mol. The maximum absolute atomic E-state index is 14.5. The molecule has 1 fully saturated rings. The van der Waals surface area contributed by atoms with Gasteiger partial charge in [0.25, 0.3) is 5.91 Å². The fraction of sp³-hybridized carbons (Fsp3) is 0.286. The van der Waals surface area contributed by atoms with Crippen LogP contribution in [0.4, 0.5) is 10.1 Å². The summed E-state index contributed by atoms with van der Waals surface area (Å²) < 4.78 is 43.3. The highest BCUT2D eigenvalue weighted by Gasteiger charge is 2.33. The summed E-state index contributed by atoms with van der Waals surface area (Å²) in [5.41, 5.74) is 1.41. The molecule has 2 N–H and O–H groups in total. The van der Waals surface area contributed by atoms with E-state index in [-0.39, 0.29) is 41.2 Å². The molecule has 1 aliphatic rings. The molecular weight excluding hydrogens is 653 g/mol. The van der Waals surface area contributed by atoms with Gasteiger partial charge < -0.3 is 10.6 Å². The fourth-order valence-electron chi connectivity index (χ4n) is 4.48. The van der Waals surface area contributed by atoms with Crippen molar-refractivity contribution >= 4 is 59.4 Å². The van der Waals surface area contributed by atoms with E-state index in [1.807, 2.05) is 37.3 Å². The Labute approximate surface area is 244 Å². The molecule has 7 nitrogen and oxygen atoms in total. The summed E-state index contributed by atoms with van der Waals surface area (Å²) in [5.74, 6) is -1.87. The van der Waals surface area contributed by atoms with Gasteiger partial charge in [-0.2, -0.15) is 4.31 Å². The number of carbonyl (C=O) groups excluding carboxylic acids is 2. The lowest BCUT2D eigenvalue weighted by Crippen LogP contribution is -2.41. The van der Waals surface area contributed by atoms with Crippen LogP contribution < -0.4 is 10.6 Å². The molecule has 11 heteroatoms. The molecule has 3 aromatic carbocycles. The first kappa shape index (κ1) is 29.4. The predicted octanol–water partition coefficient (Wildman–Crippen LogP) is 6.19. The van der Waals surface area contributed by atoms with Gasteiger partial charge in [-0.3, -0.25) is 9.59 Å². The van der Waals surface area contributed by atoms with Crippen molar-refractivity contribution in [3.05, 3.63) is 92.1 Å². The number of benzene rings is 3. The average Bonchev–Trinajstić information content (AvgIpc) is 2.92. The number of piperidine rings is 1. The first-order valence-electron chi connectivity index (χ1n) is 12.4. The molecule has 0 bridgehead atoms. The molecule has 0 saturated carbocycles. The summed E-state index contributed by atoms with van der Waals surface area (Å²) >= 11 is 6.63. The molecule has 4 rings (SSSR count). The van der Waals surface area contributed by atoms with E-state index in [1.54, 1.807) is 25.1 Å². The zero-order valence-corrected chi connectivity index (χ0v) is 25.4. The van der Waals surface area contributed by atoms with Crippen LogP contribution in [0.3, 0.4) is 0 Å². The molecule has 1 unspecified atom stereocenters. The van der Waals surface area contributed by atoms with Crippen LogP contribution >= 0.6 is 31.9 Å². The number of halogens is 3. The maximum atomic E-state index is 14.5. The lowest BCUT2D eigenvalue weighted by Gasteiger charge is -2.31. The molecule has 206 valence electrons. The third-order valence-electron chi connectivity index (χ3n) is 6.78. The molecule has 1 saturated heterocycles. The summed E-state index contributed by atoms with van der Waals surface area (Å²) in [6.45, 7) is 3.72. The second-order valence-corrected chi connectivity index (χ2v) is 13.2. The smallest absolute Gasteiger partial charge is 0.253 e. The SMILES string of the molecule is Cc1cc(NC(=O)C2CCN(S(=O)(=O)c3cc(Br)ccc3Br)CC2)c(C(=O)NC(C)c2ccccc2)cc1F. The van der Waals surface area contributed by atoms with Crippen molar-refractivity contribution in [2.24, 2.45) is 5.92 Å². The van der Waals surface area contributed by atoms with Crippen LogP contribution in [0, 0.1) is 18.7 Å². The second-order valence-electron chi connectivity index (χ2n) is 9.50. The highest BCUT2D eigenvalue weighted by Crippen LogP contribution is 2.31. The average molecular weight is 681 g/mol. The Morgan fingerprint density at radius 1 is 1.03 bits per heavy atom. The van der Waals surface area contributed by atoms with Gasteiger partial charge in [0.15, 0.2) is 0 Å². The Kier molecular flexibility index (Phi) is 9.25. The van der Waals surface area contributed by atoms with Gasteiger partial charge in [-0.05, 0) is 84.1 Å². The van der Waals surface area contributed by atoms with Gasteiger partial charge in [0, 0.05) is 28.0 Å². The predicted molar refractivity (Wildman–Crippen MR) is 155 cm³/mol. The highest BCUT2D eigenvalue weighted by atomic mass is 79.9. The number of aryl methyl sites for hydroxylation is 1. The largest absolute Gasteiger partial charge is 0.345 e. The number of nitrogens with zero attached hydrogens (tertiary/aromatic N) is 1. The molecule has 3 aromatic rings. The van der Waals surface area contributed by atoms with Crippen LogP contribution in [0.15, 0.2) is 74.5 Å². The van der Waals surface area contributed by atoms with E-state index in [1.165, 1.54) is 10.4 Å². The minimum atomic E-state index is -3.76. The number of sulfonamides is 1. The first-order valence-corrected chi connectivity index (χ1v) is 15.4. The summed E-state index contributed by atoms with van der Waals surface area (Å²) in [5, 5.41) is 5.66. The summed E-state index contributed by atoms with van der Waals surface area (Å²) in [7, 11) is -3.76. The van der Waals surface area contributed by atoms with Gasteiger partial charge in [-0.25, -0.2) is 12.8 Å². The number of hydrogen-bond donors (Lipinski definition) is 2. The van der Waals surface area contributed by atoms with E-state index in [2.05, 4.69) is 42.5 Å². The number of amides is 2. The second kappa shape index (κ2) is 12.3. The summed E-state index contributed by atoms with van der Waals surface area (Å²) in [4.78, 5) is 26.4. The number of carbonyl (C=O) groups is 2. The highest BCUT2D eigenvalue weighted by molar-refractivity contribution is 9.11. The number of hydrogen-bond acceptors (Lipinski definition) is 4. The van der Waals surface area contributed by atoms with Crippen molar-refractivity contribution in [1.82, 2.24) is 9.62 Å². The van der Waals surface area contributed by atoms with E-state index in [4.69, 9.17) is 0 Å². The number of nitrogens with one attached hydrogen (secondary N) is 2. The standard InChI is InChI=1S/C28H28Br2FN3O4S/c1-17-14-25(22(16-24(17)31)28(36)32-18(2)19-6-4-3-5-7-19)33-27(35)20-10-12-34(13-11-20)39(37,38)26-15-21(29)8-9-23(26)30/h3-9,14-16,18,20H,10-13H2,1-2H3,(H,32,36)(H,33,35). The number of anilines is 1. The van der Waals surface area contributed by atoms with Gasteiger partial charge >= 0.3 is 0 Å². The summed E-state index contributed by atoms with van der Waals surface area (Å²) in [6.07, 6.45) is 0.618. The Hall–Kier alpha value is -2.60. The van der Waals surface area contributed by atoms with Crippen molar-refractivity contribution in [3.8, 4) is 0 Å².